The van der Waals surface area contributed by atoms with Crippen molar-refractivity contribution < 1.29 is 14.3 Å². The average molecular weight is 289 g/mol. The molecule has 0 aromatic carbocycles. The highest BCUT2D eigenvalue weighted by Crippen LogP contribution is 2.07. The Morgan fingerprint density at radius 3 is 2.62 bits per heavy atom. The number of nitriles is 1. The molecule has 1 N–H and O–H groups in total. The van der Waals surface area contributed by atoms with E-state index >= 15 is 0 Å². The van der Waals surface area contributed by atoms with Crippen LogP contribution in [0, 0.1) is 11.3 Å². The van der Waals surface area contributed by atoms with Gasteiger partial charge in [0.15, 0.2) is 5.78 Å². The summed E-state index contributed by atoms with van der Waals surface area (Å²) in [6, 6.07) is 4.98. The predicted octanol–water partition coefficient (Wildman–Crippen LogP) is 2.44. The molecule has 0 saturated heterocycles. The number of hydrogen-bond acceptors (Lipinski definition) is 5. The van der Waals surface area contributed by atoms with Gasteiger partial charge in [0.25, 0.3) is 0 Å². The maximum Gasteiger partial charge on any atom is 0.407 e. The standard InChI is InChI=1S/C15H19N3O3/c1-15(2,3)21-14(20)17-8-4-5-13(19)11-6-7-12(9-16)18-10-11/h6-7,10H,4-5,8H2,1-3H3,(H,17,20). The minimum Gasteiger partial charge on any atom is -0.444 e. The van der Waals surface area contributed by atoms with Crippen molar-refractivity contribution in [2.24, 2.45) is 0 Å². The molecule has 0 fully saturated rings. The Bertz CT molecular complexity index is 539. The van der Waals surface area contributed by atoms with Gasteiger partial charge in [-0.05, 0) is 39.3 Å². The normalized spacial score (nSPS) is 10.6. The summed E-state index contributed by atoms with van der Waals surface area (Å²) in [5, 5.41) is 11.2. The Morgan fingerprint density at radius 2 is 2.10 bits per heavy atom. The number of hydrogen-bond donors (Lipinski definition) is 1. The number of nitrogens with zero attached hydrogens (tertiary/aromatic N) is 2. The fraction of sp³-hybridized carbons (Fsp3) is 0.467. The lowest BCUT2D eigenvalue weighted by atomic mass is 10.1. The number of carbonyl (C=O) groups excluding carboxylic acids is 2. The number of alkyl carbamates (subject to hydrolysis) is 1. The monoisotopic (exact) mass is 289 g/mol. The highest BCUT2D eigenvalue weighted by molar-refractivity contribution is 5.95. The number of aromatic nitrogens is 1. The minimum absolute atomic E-state index is 0.0713. The maximum absolute atomic E-state index is 11.9. The molecule has 1 amide bonds. The summed E-state index contributed by atoms with van der Waals surface area (Å²) in [7, 11) is 0. The zero-order valence-electron chi connectivity index (χ0n) is 12.5. The van der Waals surface area contributed by atoms with Crippen molar-refractivity contribution in [1.82, 2.24) is 10.3 Å². The number of amides is 1. The molecule has 21 heavy (non-hydrogen) atoms. The third-order valence-electron chi connectivity index (χ3n) is 2.45. The molecule has 0 spiro atoms. The van der Waals surface area contributed by atoms with E-state index in [1.54, 1.807) is 26.8 Å². The molecular weight excluding hydrogens is 270 g/mol. The van der Waals surface area contributed by atoms with Crippen LogP contribution in [0.3, 0.4) is 0 Å². The number of ether oxygens (including phenoxy) is 1. The molecule has 0 aliphatic rings. The molecule has 0 saturated carbocycles. The summed E-state index contributed by atoms with van der Waals surface area (Å²) in [5.74, 6) is -0.0713. The summed E-state index contributed by atoms with van der Waals surface area (Å²) in [6.45, 7) is 5.72. The van der Waals surface area contributed by atoms with Gasteiger partial charge in [0.1, 0.15) is 17.4 Å². The molecule has 112 valence electrons. The van der Waals surface area contributed by atoms with Gasteiger partial charge in [-0.15, -0.1) is 0 Å². The van der Waals surface area contributed by atoms with Crippen molar-refractivity contribution in [3.05, 3.63) is 29.6 Å². The van der Waals surface area contributed by atoms with Gasteiger partial charge in [-0.1, -0.05) is 0 Å². The zero-order chi connectivity index (χ0) is 15.9. The third-order valence-corrected chi connectivity index (χ3v) is 2.45. The molecule has 6 heteroatoms. The van der Waals surface area contributed by atoms with Crippen LogP contribution in [0.15, 0.2) is 18.3 Å². The van der Waals surface area contributed by atoms with E-state index in [-0.39, 0.29) is 11.5 Å². The molecule has 0 atom stereocenters. The lowest BCUT2D eigenvalue weighted by Gasteiger charge is -2.19. The largest absolute Gasteiger partial charge is 0.444 e. The van der Waals surface area contributed by atoms with Gasteiger partial charge in [-0.3, -0.25) is 4.79 Å². The number of rotatable bonds is 5. The Morgan fingerprint density at radius 1 is 1.38 bits per heavy atom. The average Bonchev–Trinajstić information content (AvgIpc) is 2.41. The molecule has 0 aliphatic carbocycles. The first kappa shape index (κ1) is 16.6. The maximum atomic E-state index is 11.9. The molecule has 1 aromatic rings. The second kappa shape index (κ2) is 7.39. The first-order valence-corrected chi connectivity index (χ1v) is 6.68. The van der Waals surface area contributed by atoms with Gasteiger partial charge in [0, 0.05) is 24.7 Å². The van der Waals surface area contributed by atoms with E-state index in [0.29, 0.717) is 24.9 Å². The lowest BCUT2D eigenvalue weighted by molar-refractivity contribution is 0.0525. The summed E-state index contributed by atoms with van der Waals surface area (Å²) in [4.78, 5) is 27.1. The number of pyridine rings is 1. The van der Waals surface area contributed by atoms with Crippen molar-refractivity contribution in [2.45, 2.75) is 39.2 Å². The van der Waals surface area contributed by atoms with Crippen LogP contribution in [0.2, 0.25) is 0 Å². The predicted molar refractivity (Wildman–Crippen MR) is 76.8 cm³/mol. The molecular formula is C15H19N3O3. The topological polar surface area (TPSA) is 92.1 Å². The Balaban J connectivity index is 2.30. The number of carbonyl (C=O) groups is 2. The van der Waals surface area contributed by atoms with Crippen molar-refractivity contribution in [2.75, 3.05) is 6.54 Å². The highest BCUT2D eigenvalue weighted by atomic mass is 16.6. The van der Waals surface area contributed by atoms with Crippen LogP contribution in [0.25, 0.3) is 0 Å². The van der Waals surface area contributed by atoms with E-state index in [2.05, 4.69) is 10.3 Å². The number of Topliss-reactive ketones (excluding diaryl/α,β-unsaturated/α-hetero) is 1. The van der Waals surface area contributed by atoms with E-state index < -0.39 is 11.7 Å². The SMILES string of the molecule is CC(C)(C)OC(=O)NCCCC(=O)c1ccc(C#N)nc1. The molecule has 0 unspecified atom stereocenters. The molecule has 1 rings (SSSR count). The minimum atomic E-state index is -0.534. The summed E-state index contributed by atoms with van der Waals surface area (Å²) in [5.41, 5.74) is 0.207. The van der Waals surface area contributed by atoms with Crippen LogP contribution in [0.1, 0.15) is 49.7 Å². The fourth-order valence-corrected chi connectivity index (χ4v) is 1.52. The van der Waals surface area contributed by atoms with Gasteiger partial charge in [0.05, 0.1) is 0 Å². The van der Waals surface area contributed by atoms with Crippen LogP contribution >= 0.6 is 0 Å². The lowest BCUT2D eigenvalue weighted by Crippen LogP contribution is -2.33. The van der Waals surface area contributed by atoms with Gasteiger partial charge < -0.3 is 10.1 Å². The summed E-state index contributed by atoms with van der Waals surface area (Å²) < 4.78 is 5.08. The van der Waals surface area contributed by atoms with Crippen molar-refractivity contribution in [3.8, 4) is 6.07 Å². The smallest absolute Gasteiger partial charge is 0.407 e. The first-order chi connectivity index (χ1) is 9.81. The van der Waals surface area contributed by atoms with E-state index in [1.165, 1.54) is 12.3 Å². The molecule has 0 aliphatic heterocycles. The number of nitrogens with one attached hydrogen (secondary N) is 1. The zero-order valence-corrected chi connectivity index (χ0v) is 12.5. The van der Waals surface area contributed by atoms with E-state index in [4.69, 9.17) is 10.00 Å². The van der Waals surface area contributed by atoms with E-state index in [1.807, 2.05) is 6.07 Å². The first-order valence-electron chi connectivity index (χ1n) is 6.68. The van der Waals surface area contributed by atoms with Gasteiger partial charge in [0.2, 0.25) is 0 Å². The highest BCUT2D eigenvalue weighted by Gasteiger charge is 2.15. The van der Waals surface area contributed by atoms with Crippen LogP contribution in [-0.4, -0.2) is 29.0 Å². The summed E-state index contributed by atoms with van der Waals surface area (Å²) in [6.07, 6.45) is 1.71. The molecule has 0 radical (unpaired) electrons. The molecule has 1 heterocycles. The fourth-order valence-electron chi connectivity index (χ4n) is 1.52. The van der Waals surface area contributed by atoms with Crippen molar-refractivity contribution in [1.29, 1.82) is 5.26 Å². The Labute approximate surface area is 124 Å². The Hall–Kier alpha value is -2.42. The van der Waals surface area contributed by atoms with E-state index in [9.17, 15) is 9.59 Å². The van der Waals surface area contributed by atoms with Gasteiger partial charge in [-0.25, -0.2) is 9.78 Å². The van der Waals surface area contributed by atoms with Crippen LogP contribution < -0.4 is 5.32 Å². The van der Waals surface area contributed by atoms with Gasteiger partial charge >= 0.3 is 6.09 Å². The van der Waals surface area contributed by atoms with Gasteiger partial charge in [-0.2, -0.15) is 5.26 Å². The van der Waals surface area contributed by atoms with Crippen LogP contribution in [0.4, 0.5) is 4.79 Å². The second-order valence-electron chi connectivity index (χ2n) is 5.50. The van der Waals surface area contributed by atoms with Crippen LogP contribution in [-0.2, 0) is 4.74 Å². The molecule has 0 bridgehead atoms. The van der Waals surface area contributed by atoms with Crippen LogP contribution in [0.5, 0.6) is 0 Å². The van der Waals surface area contributed by atoms with Crippen molar-refractivity contribution in [3.63, 3.8) is 0 Å². The molecule has 1 aromatic heterocycles. The quantitative estimate of drug-likeness (QED) is 0.664. The van der Waals surface area contributed by atoms with E-state index in [0.717, 1.165) is 0 Å². The number of ketones is 1. The Kier molecular flexibility index (Phi) is 5.85. The summed E-state index contributed by atoms with van der Waals surface area (Å²) >= 11 is 0. The third kappa shape index (κ3) is 6.52. The van der Waals surface area contributed by atoms with Crippen molar-refractivity contribution >= 4 is 11.9 Å². The molecule has 6 nitrogen and oxygen atoms in total. The second-order valence-corrected chi connectivity index (χ2v) is 5.50.